The van der Waals surface area contributed by atoms with Gasteiger partial charge in [-0.05, 0) is 55.3 Å². The molecular weight excluding hydrogens is 248 g/mol. The quantitative estimate of drug-likeness (QED) is 0.917. The van der Waals surface area contributed by atoms with E-state index in [4.69, 9.17) is 5.73 Å². The first-order valence-electron chi connectivity index (χ1n) is 7.70. The van der Waals surface area contributed by atoms with Crippen LogP contribution in [0, 0.1) is 11.8 Å². The molecule has 2 N–H and O–H groups in total. The predicted molar refractivity (Wildman–Crippen MR) is 82.7 cm³/mol. The minimum absolute atomic E-state index is 0.173. The van der Waals surface area contributed by atoms with Gasteiger partial charge in [0.25, 0.3) is 5.91 Å². The zero-order valence-corrected chi connectivity index (χ0v) is 12.6. The Labute approximate surface area is 122 Å². The third kappa shape index (κ3) is 3.60. The van der Waals surface area contributed by atoms with Crippen molar-refractivity contribution in [1.29, 1.82) is 0 Å². The van der Waals surface area contributed by atoms with Crippen LogP contribution in [0.25, 0.3) is 0 Å². The summed E-state index contributed by atoms with van der Waals surface area (Å²) in [6.45, 7) is 6.99. The molecule has 0 spiro atoms. The second-order valence-corrected chi connectivity index (χ2v) is 6.11. The number of carbonyl (C=O) groups is 1. The molecule has 3 nitrogen and oxygen atoms in total. The van der Waals surface area contributed by atoms with Crippen LogP contribution >= 0.6 is 0 Å². The first-order valence-corrected chi connectivity index (χ1v) is 7.70. The molecule has 1 amide bonds. The molecule has 110 valence electrons. The Morgan fingerprint density at radius 3 is 2.35 bits per heavy atom. The van der Waals surface area contributed by atoms with E-state index in [0.29, 0.717) is 6.54 Å². The van der Waals surface area contributed by atoms with Gasteiger partial charge in [0.2, 0.25) is 0 Å². The second kappa shape index (κ2) is 6.89. The van der Waals surface area contributed by atoms with E-state index in [2.05, 4.69) is 13.8 Å². The van der Waals surface area contributed by atoms with Gasteiger partial charge in [-0.15, -0.1) is 0 Å². The largest absolute Gasteiger partial charge is 0.339 e. The van der Waals surface area contributed by atoms with E-state index in [1.54, 1.807) is 0 Å². The van der Waals surface area contributed by atoms with E-state index in [1.807, 2.05) is 29.2 Å². The van der Waals surface area contributed by atoms with E-state index in [-0.39, 0.29) is 5.91 Å². The molecule has 0 bridgehead atoms. The van der Waals surface area contributed by atoms with Crippen LogP contribution in [-0.2, 0) is 6.42 Å². The Bertz CT molecular complexity index is 431. The maximum absolute atomic E-state index is 12.4. The van der Waals surface area contributed by atoms with Gasteiger partial charge >= 0.3 is 0 Å². The van der Waals surface area contributed by atoms with Gasteiger partial charge in [0, 0.05) is 18.7 Å². The number of nitrogens with two attached hydrogens (primary N) is 1. The number of nitrogens with zero attached hydrogens (tertiary/aromatic N) is 1. The van der Waals surface area contributed by atoms with Gasteiger partial charge in [-0.2, -0.15) is 0 Å². The van der Waals surface area contributed by atoms with Crippen molar-refractivity contribution in [1.82, 2.24) is 4.90 Å². The van der Waals surface area contributed by atoms with Crippen LogP contribution in [0.4, 0.5) is 0 Å². The number of likely N-dealkylation sites (tertiary alicyclic amines) is 1. The summed E-state index contributed by atoms with van der Waals surface area (Å²) in [7, 11) is 0. The Morgan fingerprint density at radius 1 is 1.25 bits per heavy atom. The van der Waals surface area contributed by atoms with Gasteiger partial charge in [-0.25, -0.2) is 0 Å². The minimum atomic E-state index is 0.173. The van der Waals surface area contributed by atoms with Crippen LogP contribution in [0.2, 0.25) is 0 Å². The number of carbonyl (C=O) groups excluding carboxylic acids is 1. The number of hydrogen-bond acceptors (Lipinski definition) is 2. The van der Waals surface area contributed by atoms with Crippen LogP contribution in [-0.4, -0.2) is 30.4 Å². The van der Waals surface area contributed by atoms with Crippen LogP contribution < -0.4 is 5.73 Å². The average Bonchev–Trinajstić information content (AvgIpc) is 2.48. The molecular formula is C17H26N2O. The molecule has 20 heavy (non-hydrogen) atoms. The molecule has 0 radical (unpaired) electrons. The third-order valence-corrected chi connectivity index (χ3v) is 4.40. The highest BCUT2D eigenvalue weighted by Gasteiger charge is 2.25. The highest BCUT2D eigenvalue weighted by Crippen LogP contribution is 2.25. The summed E-state index contributed by atoms with van der Waals surface area (Å²) in [5.74, 6) is 1.67. The number of hydrogen-bond donors (Lipinski definition) is 1. The summed E-state index contributed by atoms with van der Waals surface area (Å²) >= 11 is 0. The molecule has 1 aromatic rings. The highest BCUT2D eigenvalue weighted by atomic mass is 16.2. The zero-order valence-electron chi connectivity index (χ0n) is 12.6. The van der Waals surface area contributed by atoms with Gasteiger partial charge in [0.15, 0.2) is 0 Å². The lowest BCUT2D eigenvalue weighted by molar-refractivity contribution is 0.0667. The zero-order chi connectivity index (χ0) is 14.5. The molecule has 1 heterocycles. The summed E-state index contributed by atoms with van der Waals surface area (Å²) in [4.78, 5) is 14.4. The Kier molecular flexibility index (Phi) is 5.18. The van der Waals surface area contributed by atoms with Crippen molar-refractivity contribution >= 4 is 5.91 Å². The third-order valence-electron chi connectivity index (χ3n) is 4.40. The fourth-order valence-corrected chi connectivity index (χ4v) is 2.93. The van der Waals surface area contributed by atoms with E-state index < -0.39 is 0 Å². The molecule has 0 saturated carbocycles. The molecule has 1 aromatic carbocycles. The Morgan fingerprint density at radius 2 is 1.85 bits per heavy atom. The molecule has 1 aliphatic rings. The fraction of sp³-hybridized carbons (Fsp3) is 0.588. The summed E-state index contributed by atoms with van der Waals surface area (Å²) < 4.78 is 0. The van der Waals surface area contributed by atoms with Crippen LogP contribution in [0.1, 0.15) is 42.6 Å². The molecule has 0 atom stereocenters. The number of rotatable bonds is 4. The van der Waals surface area contributed by atoms with Crippen LogP contribution in [0.5, 0.6) is 0 Å². The predicted octanol–water partition coefficient (Wildman–Crippen LogP) is 2.70. The summed E-state index contributed by atoms with van der Waals surface area (Å²) in [5, 5.41) is 0. The molecule has 1 aliphatic heterocycles. The number of benzene rings is 1. The van der Waals surface area contributed by atoms with Gasteiger partial charge in [-0.3, -0.25) is 4.79 Å². The average molecular weight is 274 g/mol. The SMILES string of the molecule is CC(C)C1CCN(C(=O)c2ccc(CCN)cc2)CC1. The summed E-state index contributed by atoms with van der Waals surface area (Å²) in [6.07, 6.45) is 3.14. The second-order valence-electron chi connectivity index (χ2n) is 6.11. The molecule has 0 aliphatic carbocycles. The summed E-state index contributed by atoms with van der Waals surface area (Å²) in [5.41, 5.74) is 7.53. The number of piperidine rings is 1. The topological polar surface area (TPSA) is 46.3 Å². The van der Waals surface area contributed by atoms with Gasteiger partial charge in [0.05, 0.1) is 0 Å². The van der Waals surface area contributed by atoms with E-state index in [9.17, 15) is 4.79 Å². The Hall–Kier alpha value is -1.35. The van der Waals surface area contributed by atoms with Crippen LogP contribution in [0.15, 0.2) is 24.3 Å². The first-order chi connectivity index (χ1) is 9.61. The molecule has 1 fully saturated rings. The monoisotopic (exact) mass is 274 g/mol. The molecule has 3 heteroatoms. The molecule has 1 saturated heterocycles. The summed E-state index contributed by atoms with van der Waals surface area (Å²) in [6, 6.07) is 7.89. The smallest absolute Gasteiger partial charge is 0.253 e. The van der Waals surface area contributed by atoms with Gasteiger partial charge in [0.1, 0.15) is 0 Å². The van der Waals surface area contributed by atoms with Crippen molar-refractivity contribution < 1.29 is 4.79 Å². The fourth-order valence-electron chi connectivity index (χ4n) is 2.93. The molecule has 2 rings (SSSR count). The van der Waals surface area contributed by atoms with E-state index >= 15 is 0 Å². The molecule has 0 unspecified atom stereocenters. The van der Waals surface area contributed by atoms with Crippen molar-refractivity contribution in [3.05, 3.63) is 35.4 Å². The van der Waals surface area contributed by atoms with Crippen molar-refractivity contribution in [3.8, 4) is 0 Å². The van der Waals surface area contributed by atoms with E-state index in [1.165, 1.54) is 5.56 Å². The van der Waals surface area contributed by atoms with Crippen LogP contribution in [0.3, 0.4) is 0 Å². The highest BCUT2D eigenvalue weighted by molar-refractivity contribution is 5.94. The maximum Gasteiger partial charge on any atom is 0.253 e. The van der Waals surface area contributed by atoms with Gasteiger partial charge < -0.3 is 10.6 Å². The van der Waals surface area contributed by atoms with Crippen molar-refractivity contribution in [2.24, 2.45) is 17.6 Å². The normalized spacial score (nSPS) is 16.7. The van der Waals surface area contributed by atoms with Crippen molar-refractivity contribution in [2.45, 2.75) is 33.1 Å². The van der Waals surface area contributed by atoms with Crippen molar-refractivity contribution in [3.63, 3.8) is 0 Å². The lowest BCUT2D eigenvalue weighted by Crippen LogP contribution is -2.39. The maximum atomic E-state index is 12.4. The lowest BCUT2D eigenvalue weighted by atomic mass is 9.86. The van der Waals surface area contributed by atoms with Gasteiger partial charge in [-0.1, -0.05) is 26.0 Å². The minimum Gasteiger partial charge on any atom is -0.339 e. The Balaban J connectivity index is 1.94. The first kappa shape index (κ1) is 15.0. The lowest BCUT2D eigenvalue weighted by Gasteiger charge is -2.34. The van der Waals surface area contributed by atoms with Crippen molar-refractivity contribution in [2.75, 3.05) is 19.6 Å². The van der Waals surface area contributed by atoms with E-state index in [0.717, 1.165) is 49.8 Å². The standard InChI is InChI=1S/C17H26N2O/c1-13(2)15-8-11-19(12-9-15)17(20)16-5-3-14(4-6-16)7-10-18/h3-6,13,15H,7-12,18H2,1-2H3. The number of amides is 1. The molecule has 0 aromatic heterocycles.